The fraction of sp³-hybridized carbons (Fsp3) is 0.846. The number of nitrogens with one attached hydrogen (secondary N) is 2. The van der Waals surface area contributed by atoms with Gasteiger partial charge < -0.3 is 5.32 Å². The molecule has 1 aliphatic heterocycles. The van der Waals surface area contributed by atoms with E-state index in [1.807, 2.05) is 0 Å². The summed E-state index contributed by atoms with van der Waals surface area (Å²) >= 11 is 0. The highest BCUT2D eigenvalue weighted by molar-refractivity contribution is 6.05. The topological polar surface area (TPSA) is 53.5 Å². The first-order valence-corrected chi connectivity index (χ1v) is 6.87. The van der Waals surface area contributed by atoms with Gasteiger partial charge in [-0.3, -0.25) is 10.1 Å². The van der Waals surface area contributed by atoms with Crippen molar-refractivity contribution in [2.45, 2.75) is 57.5 Å². The van der Waals surface area contributed by atoms with E-state index >= 15 is 0 Å². The zero-order valence-corrected chi connectivity index (χ0v) is 10.4. The summed E-state index contributed by atoms with van der Waals surface area (Å²) in [7, 11) is 0. The van der Waals surface area contributed by atoms with Gasteiger partial charge in [0.1, 0.15) is 6.04 Å². The van der Waals surface area contributed by atoms with E-state index in [0.717, 1.165) is 24.7 Å². The van der Waals surface area contributed by atoms with Crippen molar-refractivity contribution < 1.29 is 4.79 Å². The van der Waals surface area contributed by atoms with Crippen molar-refractivity contribution in [1.29, 1.82) is 0 Å². The molecule has 94 valence electrons. The van der Waals surface area contributed by atoms with Crippen LogP contribution in [0.15, 0.2) is 4.99 Å². The van der Waals surface area contributed by atoms with Gasteiger partial charge in [-0.05, 0) is 37.5 Å². The third-order valence-electron chi connectivity index (χ3n) is 4.20. The Labute approximate surface area is 102 Å². The van der Waals surface area contributed by atoms with Crippen molar-refractivity contribution in [2.24, 2.45) is 16.8 Å². The number of nitrogens with zero attached hydrogens (tertiary/aromatic N) is 1. The van der Waals surface area contributed by atoms with Gasteiger partial charge >= 0.3 is 0 Å². The highest BCUT2D eigenvalue weighted by Gasteiger charge is 2.36. The Bertz CT molecular complexity index is 341. The van der Waals surface area contributed by atoms with Crippen molar-refractivity contribution in [3.63, 3.8) is 0 Å². The highest BCUT2D eigenvalue weighted by Crippen LogP contribution is 2.32. The first-order chi connectivity index (χ1) is 8.22. The van der Waals surface area contributed by atoms with Gasteiger partial charge in [-0.1, -0.05) is 19.8 Å². The summed E-state index contributed by atoms with van der Waals surface area (Å²) < 4.78 is 0. The number of guanidine groups is 1. The molecule has 0 bridgehead atoms. The predicted molar refractivity (Wildman–Crippen MR) is 66.6 cm³/mol. The molecule has 0 radical (unpaired) electrons. The Balaban J connectivity index is 1.61. The number of hydrogen-bond donors (Lipinski definition) is 2. The van der Waals surface area contributed by atoms with Crippen LogP contribution in [0.4, 0.5) is 0 Å². The number of amides is 1. The molecule has 17 heavy (non-hydrogen) atoms. The molecule has 1 unspecified atom stereocenters. The molecule has 1 heterocycles. The first-order valence-electron chi connectivity index (χ1n) is 6.87. The smallest absolute Gasteiger partial charge is 0.251 e. The fourth-order valence-corrected chi connectivity index (χ4v) is 2.84. The highest BCUT2D eigenvalue weighted by atomic mass is 16.2. The Hall–Kier alpha value is -1.06. The van der Waals surface area contributed by atoms with E-state index in [2.05, 4.69) is 22.5 Å². The van der Waals surface area contributed by atoms with Crippen LogP contribution in [0.25, 0.3) is 0 Å². The summed E-state index contributed by atoms with van der Waals surface area (Å²) in [6.45, 7) is 2.30. The lowest BCUT2D eigenvalue weighted by Crippen LogP contribution is -2.39. The van der Waals surface area contributed by atoms with Gasteiger partial charge in [0.15, 0.2) is 5.96 Å². The van der Waals surface area contributed by atoms with Crippen LogP contribution in [0, 0.1) is 11.8 Å². The van der Waals surface area contributed by atoms with Crippen molar-refractivity contribution in [3.05, 3.63) is 0 Å². The second kappa shape index (κ2) is 4.31. The maximum absolute atomic E-state index is 11.9. The van der Waals surface area contributed by atoms with Gasteiger partial charge in [-0.25, -0.2) is 4.99 Å². The Morgan fingerprint density at radius 3 is 2.53 bits per heavy atom. The lowest BCUT2D eigenvalue weighted by atomic mass is 9.79. The van der Waals surface area contributed by atoms with E-state index in [9.17, 15) is 4.79 Å². The number of hydrogen-bond acceptors (Lipinski definition) is 3. The molecule has 3 rings (SSSR count). The molecule has 1 amide bonds. The molecular formula is C13H21N3O. The number of carbonyl (C=O) groups is 1. The molecule has 2 N–H and O–H groups in total. The maximum atomic E-state index is 11.9. The quantitative estimate of drug-likeness (QED) is 0.760. The van der Waals surface area contributed by atoms with Crippen molar-refractivity contribution in [1.82, 2.24) is 10.6 Å². The van der Waals surface area contributed by atoms with E-state index in [4.69, 9.17) is 0 Å². The summed E-state index contributed by atoms with van der Waals surface area (Å²) in [6, 6.07) is 0.433. The van der Waals surface area contributed by atoms with Crippen LogP contribution in [0.3, 0.4) is 0 Å². The van der Waals surface area contributed by atoms with Gasteiger partial charge in [0, 0.05) is 6.04 Å². The standard InChI is InChI=1S/C13H21N3O/c1-8-2-4-9(5-3-8)11-12(17)16-13(15-11)14-10-6-7-10/h8-11H,2-7H2,1H3,(H2,14,15,16,17). The molecule has 0 saturated heterocycles. The summed E-state index contributed by atoms with van der Waals surface area (Å²) in [4.78, 5) is 16.4. The first kappa shape index (κ1) is 11.1. The third kappa shape index (κ3) is 2.45. The second-order valence-corrected chi connectivity index (χ2v) is 5.85. The van der Waals surface area contributed by atoms with Crippen molar-refractivity contribution in [2.75, 3.05) is 0 Å². The average molecular weight is 235 g/mol. The maximum Gasteiger partial charge on any atom is 0.251 e. The molecule has 0 aromatic carbocycles. The molecule has 2 fully saturated rings. The molecule has 0 aromatic rings. The van der Waals surface area contributed by atoms with E-state index < -0.39 is 0 Å². The van der Waals surface area contributed by atoms with Crippen molar-refractivity contribution >= 4 is 11.9 Å². The minimum Gasteiger partial charge on any atom is -0.353 e. The number of aliphatic imine (C=N–C) groups is 1. The SMILES string of the molecule is CC1CCC(C2N=C(NC3CC3)NC2=O)CC1. The molecule has 4 nitrogen and oxygen atoms in total. The lowest BCUT2D eigenvalue weighted by molar-refractivity contribution is -0.121. The minimum absolute atomic E-state index is 0.104. The Morgan fingerprint density at radius 2 is 1.88 bits per heavy atom. The third-order valence-corrected chi connectivity index (χ3v) is 4.20. The number of rotatable bonds is 2. The normalized spacial score (nSPS) is 37.6. The van der Waals surface area contributed by atoms with Crippen LogP contribution < -0.4 is 10.6 Å². The molecule has 2 aliphatic carbocycles. The molecule has 3 aliphatic rings. The van der Waals surface area contributed by atoms with Crippen LogP contribution in [0.2, 0.25) is 0 Å². The van der Waals surface area contributed by atoms with Gasteiger partial charge in [-0.15, -0.1) is 0 Å². The molecule has 4 heteroatoms. The van der Waals surface area contributed by atoms with Crippen molar-refractivity contribution in [3.8, 4) is 0 Å². The summed E-state index contributed by atoms with van der Waals surface area (Å²) in [6.07, 6.45) is 7.21. The zero-order chi connectivity index (χ0) is 11.8. The Kier molecular flexibility index (Phi) is 2.81. The van der Waals surface area contributed by atoms with E-state index in [1.165, 1.54) is 25.7 Å². The second-order valence-electron chi connectivity index (χ2n) is 5.85. The Morgan fingerprint density at radius 1 is 1.18 bits per heavy atom. The van der Waals surface area contributed by atoms with Gasteiger partial charge in [0.2, 0.25) is 0 Å². The summed E-state index contributed by atoms with van der Waals surface area (Å²) in [5.41, 5.74) is 0. The van der Waals surface area contributed by atoms with E-state index in [0.29, 0.717) is 12.0 Å². The van der Waals surface area contributed by atoms with Crippen LogP contribution in [0.5, 0.6) is 0 Å². The van der Waals surface area contributed by atoms with Crippen LogP contribution in [-0.4, -0.2) is 24.0 Å². The van der Waals surface area contributed by atoms with Gasteiger partial charge in [0.25, 0.3) is 5.91 Å². The molecule has 2 saturated carbocycles. The summed E-state index contributed by atoms with van der Waals surface area (Å²) in [5.74, 6) is 2.11. The van der Waals surface area contributed by atoms with Gasteiger partial charge in [0.05, 0.1) is 0 Å². The van der Waals surface area contributed by atoms with Crippen LogP contribution >= 0.6 is 0 Å². The van der Waals surface area contributed by atoms with E-state index in [1.54, 1.807) is 0 Å². The predicted octanol–water partition coefficient (Wildman–Crippen LogP) is 1.42. The molecular weight excluding hydrogens is 214 g/mol. The molecule has 1 atom stereocenters. The van der Waals surface area contributed by atoms with Crippen LogP contribution in [-0.2, 0) is 4.79 Å². The van der Waals surface area contributed by atoms with E-state index in [-0.39, 0.29) is 11.9 Å². The largest absolute Gasteiger partial charge is 0.353 e. The number of carbonyl (C=O) groups excluding carboxylic acids is 1. The molecule has 0 spiro atoms. The average Bonchev–Trinajstić information content (AvgIpc) is 3.03. The molecule has 0 aromatic heterocycles. The minimum atomic E-state index is -0.122. The zero-order valence-electron chi connectivity index (χ0n) is 10.4. The summed E-state index contributed by atoms with van der Waals surface area (Å²) in [5, 5.41) is 6.16. The van der Waals surface area contributed by atoms with Crippen LogP contribution in [0.1, 0.15) is 45.4 Å². The lowest BCUT2D eigenvalue weighted by Gasteiger charge is -2.27. The van der Waals surface area contributed by atoms with Gasteiger partial charge in [-0.2, -0.15) is 0 Å². The fourth-order valence-electron chi connectivity index (χ4n) is 2.84. The monoisotopic (exact) mass is 235 g/mol.